The van der Waals surface area contributed by atoms with E-state index in [9.17, 15) is 14.4 Å². The summed E-state index contributed by atoms with van der Waals surface area (Å²) in [5.74, 6) is -0.718. The average Bonchev–Trinajstić information content (AvgIpc) is 2.76. The number of anilines is 1. The van der Waals surface area contributed by atoms with Crippen LogP contribution in [-0.2, 0) is 11.3 Å². The van der Waals surface area contributed by atoms with Crippen LogP contribution in [0.1, 0.15) is 46.0 Å². The number of ether oxygens (including phenoxy) is 1. The van der Waals surface area contributed by atoms with Crippen LogP contribution in [0.25, 0.3) is 0 Å². The molecule has 0 bridgehead atoms. The lowest BCUT2D eigenvalue weighted by Gasteiger charge is -2.10. The summed E-state index contributed by atoms with van der Waals surface area (Å²) in [6, 6.07) is 19.0. The lowest BCUT2D eigenvalue weighted by Crippen LogP contribution is -2.22. The van der Waals surface area contributed by atoms with E-state index in [4.69, 9.17) is 4.74 Å². The van der Waals surface area contributed by atoms with Crippen LogP contribution in [0.2, 0.25) is 0 Å². The molecular formula is C24H24N2O4. The van der Waals surface area contributed by atoms with Crippen molar-refractivity contribution in [2.45, 2.75) is 26.3 Å². The summed E-state index contributed by atoms with van der Waals surface area (Å²) in [6.07, 6.45) is 3.33. The number of carbonyl (C=O) groups is 2. The number of hydrogen-bond acceptors (Lipinski definition) is 4. The summed E-state index contributed by atoms with van der Waals surface area (Å²) < 4.78 is 6.67. The number of benzene rings is 2. The first-order valence-corrected chi connectivity index (χ1v) is 9.90. The molecule has 1 heterocycles. The van der Waals surface area contributed by atoms with Gasteiger partial charge in [-0.15, -0.1) is 0 Å². The van der Waals surface area contributed by atoms with Gasteiger partial charge in [-0.05, 0) is 42.3 Å². The van der Waals surface area contributed by atoms with E-state index < -0.39 is 0 Å². The molecular weight excluding hydrogens is 380 g/mol. The molecule has 0 saturated heterocycles. The third kappa shape index (κ3) is 5.67. The van der Waals surface area contributed by atoms with Crippen LogP contribution in [-0.4, -0.2) is 23.1 Å². The summed E-state index contributed by atoms with van der Waals surface area (Å²) in [5.41, 5.74) is 2.14. The van der Waals surface area contributed by atoms with Gasteiger partial charge in [0.05, 0.1) is 24.3 Å². The number of esters is 1. The molecule has 0 spiro atoms. The number of hydrogen-bond donors (Lipinski definition) is 1. The van der Waals surface area contributed by atoms with Gasteiger partial charge < -0.3 is 14.6 Å². The Morgan fingerprint density at radius 2 is 1.63 bits per heavy atom. The van der Waals surface area contributed by atoms with Gasteiger partial charge in [-0.25, -0.2) is 4.79 Å². The molecule has 6 heteroatoms. The zero-order chi connectivity index (χ0) is 21.3. The van der Waals surface area contributed by atoms with Crippen molar-refractivity contribution in [3.8, 4) is 0 Å². The predicted octanol–water partition coefficient (Wildman–Crippen LogP) is 4.11. The Morgan fingerprint density at radius 3 is 2.33 bits per heavy atom. The molecule has 0 unspecified atom stereocenters. The lowest BCUT2D eigenvalue weighted by atomic mass is 10.2. The monoisotopic (exact) mass is 404 g/mol. The maximum absolute atomic E-state index is 12.6. The summed E-state index contributed by atoms with van der Waals surface area (Å²) in [4.78, 5) is 36.7. The minimum Gasteiger partial charge on any atom is -0.462 e. The van der Waals surface area contributed by atoms with Gasteiger partial charge in [0.2, 0.25) is 0 Å². The summed E-state index contributed by atoms with van der Waals surface area (Å²) in [5, 5.41) is 2.78. The normalized spacial score (nSPS) is 10.4. The van der Waals surface area contributed by atoms with Crippen LogP contribution < -0.4 is 10.9 Å². The molecule has 0 aliphatic heterocycles. The molecule has 154 valence electrons. The molecule has 3 rings (SSSR count). The fraction of sp³-hybridized carbons (Fsp3) is 0.208. The van der Waals surface area contributed by atoms with Gasteiger partial charge in [0.15, 0.2) is 0 Å². The van der Waals surface area contributed by atoms with Crippen molar-refractivity contribution < 1.29 is 14.3 Å². The Hall–Kier alpha value is -3.67. The standard InChI is InChI=1S/C24H24N2O4/c1-2-3-15-30-24(29)19-9-12-21(13-10-19)25-23(28)20-11-14-22(27)26(17-20)16-18-7-5-4-6-8-18/h4-14,17H,2-3,15-16H2,1H3,(H,25,28). The number of amides is 1. The van der Waals surface area contributed by atoms with E-state index in [1.54, 1.807) is 30.5 Å². The molecule has 6 nitrogen and oxygen atoms in total. The smallest absolute Gasteiger partial charge is 0.338 e. The first kappa shape index (κ1) is 21.0. The molecule has 0 fully saturated rings. The van der Waals surface area contributed by atoms with Crippen molar-refractivity contribution in [3.63, 3.8) is 0 Å². The van der Waals surface area contributed by atoms with Gasteiger partial charge in [0.1, 0.15) is 0 Å². The zero-order valence-electron chi connectivity index (χ0n) is 16.8. The number of unbranched alkanes of at least 4 members (excludes halogenated alkanes) is 1. The zero-order valence-corrected chi connectivity index (χ0v) is 16.8. The minimum absolute atomic E-state index is 0.179. The third-order valence-electron chi connectivity index (χ3n) is 4.55. The maximum atomic E-state index is 12.6. The van der Waals surface area contributed by atoms with E-state index in [0.29, 0.717) is 30.0 Å². The van der Waals surface area contributed by atoms with Crippen LogP contribution >= 0.6 is 0 Å². The minimum atomic E-state index is -0.380. The van der Waals surface area contributed by atoms with Gasteiger partial charge in [-0.2, -0.15) is 0 Å². The summed E-state index contributed by atoms with van der Waals surface area (Å²) in [6.45, 7) is 2.81. The van der Waals surface area contributed by atoms with Gasteiger partial charge >= 0.3 is 5.97 Å². The molecule has 0 aliphatic carbocycles. The molecule has 0 saturated carbocycles. The Labute approximate surface area is 175 Å². The summed E-state index contributed by atoms with van der Waals surface area (Å²) in [7, 11) is 0. The SMILES string of the molecule is CCCCOC(=O)c1ccc(NC(=O)c2ccc(=O)n(Cc3ccccc3)c2)cc1. The number of aromatic nitrogens is 1. The number of carbonyl (C=O) groups excluding carboxylic acids is 2. The Bertz CT molecular complexity index is 1060. The van der Waals surface area contributed by atoms with E-state index in [-0.39, 0.29) is 17.4 Å². The lowest BCUT2D eigenvalue weighted by molar-refractivity contribution is 0.0499. The van der Waals surface area contributed by atoms with Crippen molar-refractivity contribution in [2.75, 3.05) is 11.9 Å². The highest BCUT2D eigenvalue weighted by atomic mass is 16.5. The fourth-order valence-corrected chi connectivity index (χ4v) is 2.85. The number of rotatable bonds is 8. The van der Waals surface area contributed by atoms with Crippen molar-refractivity contribution >= 4 is 17.6 Å². The molecule has 30 heavy (non-hydrogen) atoms. The predicted molar refractivity (Wildman–Crippen MR) is 116 cm³/mol. The van der Waals surface area contributed by atoms with Crippen LogP contribution in [0.15, 0.2) is 77.7 Å². The average molecular weight is 404 g/mol. The van der Waals surface area contributed by atoms with Gasteiger partial charge in [0.25, 0.3) is 11.5 Å². The van der Waals surface area contributed by atoms with Crippen LogP contribution in [0, 0.1) is 0 Å². The largest absolute Gasteiger partial charge is 0.462 e. The van der Waals surface area contributed by atoms with Crippen LogP contribution in [0.3, 0.4) is 0 Å². The number of nitrogens with zero attached hydrogens (tertiary/aromatic N) is 1. The Morgan fingerprint density at radius 1 is 0.933 bits per heavy atom. The summed E-state index contributed by atoms with van der Waals surface area (Å²) >= 11 is 0. The Balaban J connectivity index is 1.66. The maximum Gasteiger partial charge on any atom is 0.338 e. The van der Waals surface area contributed by atoms with Gasteiger partial charge in [-0.1, -0.05) is 43.7 Å². The fourth-order valence-electron chi connectivity index (χ4n) is 2.85. The highest BCUT2D eigenvalue weighted by molar-refractivity contribution is 6.04. The third-order valence-corrected chi connectivity index (χ3v) is 4.55. The molecule has 3 aromatic rings. The first-order chi connectivity index (χ1) is 14.6. The number of nitrogens with one attached hydrogen (secondary N) is 1. The molecule has 1 N–H and O–H groups in total. The van der Waals surface area contributed by atoms with Crippen molar-refractivity contribution in [3.05, 3.63) is 100.0 Å². The van der Waals surface area contributed by atoms with E-state index in [1.165, 1.54) is 16.7 Å². The molecule has 0 aliphatic rings. The van der Waals surface area contributed by atoms with Crippen LogP contribution in [0.5, 0.6) is 0 Å². The molecule has 1 aromatic heterocycles. The molecule has 0 atom stereocenters. The second kappa shape index (κ2) is 10.2. The van der Waals surface area contributed by atoms with E-state index >= 15 is 0 Å². The Kier molecular flexibility index (Phi) is 7.16. The highest BCUT2D eigenvalue weighted by Gasteiger charge is 2.10. The number of pyridine rings is 1. The van der Waals surface area contributed by atoms with Crippen molar-refractivity contribution in [1.82, 2.24) is 4.57 Å². The van der Waals surface area contributed by atoms with E-state index in [0.717, 1.165) is 18.4 Å². The van der Waals surface area contributed by atoms with E-state index in [2.05, 4.69) is 5.32 Å². The molecule has 1 amide bonds. The first-order valence-electron chi connectivity index (χ1n) is 9.90. The molecule has 0 radical (unpaired) electrons. The van der Waals surface area contributed by atoms with Gasteiger partial charge in [-0.3, -0.25) is 9.59 Å². The molecule has 2 aromatic carbocycles. The van der Waals surface area contributed by atoms with Crippen molar-refractivity contribution in [1.29, 1.82) is 0 Å². The second-order valence-corrected chi connectivity index (χ2v) is 6.89. The quantitative estimate of drug-likeness (QED) is 0.453. The second-order valence-electron chi connectivity index (χ2n) is 6.89. The van der Waals surface area contributed by atoms with Gasteiger partial charge in [0, 0.05) is 18.0 Å². The van der Waals surface area contributed by atoms with Crippen molar-refractivity contribution in [2.24, 2.45) is 0 Å². The topological polar surface area (TPSA) is 77.4 Å². The van der Waals surface area contributed by atoms with E-state index in [1.807, 2.05) is 37.3 Å². The highest BCUT2D eigenvalue weighted by Crippen LogP contribution is 2.13. The van der Waals surface area contributed by atoms with Crippen LogP contribution in [0.4, 0.5) is 5.69 Å².